The topological polar surface area (TPSA) is 60.9 Å². The van der Waals surface area contributed by atoms with Crippen LogP contribution in [0, 0.1) is 5.82 Å². The van der Waals surface area contributed by atoms with Crippen molar-refractivity contribution < 1.29 is 23.2 Å². The summed E-state index contributed by atoms with van der Waals surface area (Å²) in [6.45, 7) is 14.5. The van der Waals surface area contributed by atoms with Crippen LogP contribution in [0.3, 0.4) is 0 Å². The Labute approximate surface area is 173 Å². The molecule has 2 saturated heterocycles. The molecule has 2 aliphatic heterocycles. The first-order valence-corrected chi connectivity index (χ1v) is 10.3. The zero-order chi connectivity index (χ0) is 21.6. The summed E-state index contributed by atoms with van der Waals surface area (Å²) in [5.74, 6) is -0.440. The van der Waals surface area contributed by atoms with Crippen molar-refractivity contribution in [3.05, 3.63) is 23.8 Å². The van der Waals surface area contributed by atoms with Gasteiger partial charge in [-0.1, -0.05) is 0 Å². The molecular weight excluding hydrogens is 374 g/mol. The molecule has 29 heavy (non-hydrogen) atoms. The van der Waals surface area contributed by atoms with E-state index in [0.29, 0.717) is 18.6 Å². The summed E-state index contributed by atoms with van der Waals surface area (Å²) in [6.07, 6.45) is 2.62. The van der Waals surface area contributed by atoms with E-state index in [1.54, 1.807) is 11.0 Å². The molecule has 0 saturated carbocycles. The summed E-state index contributed by atoms with van der Waals surface area (Å²) < 4.78 is 32.1. The van der Waals surface area contributed by atoms with Gasteiger partial charge < -0.3 is 18.9 Å². The Bertz CT molecular complexity index is 762. The average molecular weight is 406 g/mol. The summed E-state index contributed by atoms with van der Waals surface area (Å²) >= 11 is 0. The summed E-state index contributed by atoms with van der Waals surface area (Å²) in [4.78, 5) is 18.5. The number of ether oxygens (including phenoxy) is 1. The predicted molar refractivity (Wildman–Crippen MR) is 110 cm³/mol. The Morgan fingerprint density at radius 2 is 1.90 bits per heavy atom. The number of pyridine rings is 1. The van der Waals surface area contributed by atoms with Crippen molar-refractivity contribution in [3.8, 4) is 0 Å². The van der Waals surface area contributed by atoms with E-state index in [1.165, 1.54) is 6.20 Å². The molecule has 8 heteroatoms. The number of nitrogens with zero attached hydrogens (tertiary/aromatic N) is 2. The van der Waals surface area contributed by atoms with Crippen molar-refractivity contribution in [1.82, 2.24) is 9.88 Å². The van der Waals surface area contributed by atoms with Crippen LogP contribution in [0.2, 0.25) is 0 Å². The molecule has 1 aromatic rings. The van der Waals surface area contributed by atoms with Gasteiger partial charge in [0.2, 0.25) is 0 Å². The Morgan fingerprint density at radius 1 is 1.28 bits per heavy atom. The number of likely N-dealkylation sites (tertiary alicyclic amines) is 1. The van der Waals surface area contributed by atoms with Crippen molar-refractivity contribution in [3.63, 3.8) is 0 Å². The number of piperidine rings is 1. The normalized spacial score (nSPS) is 23.9. The van der Waals surface area contributed by atoms with Crippen LogP contribution in [0.1, 0.15) is 72.9 Å². The van der Waals surface area contributed by atoms with Crippen molar-refractivity contribution >= 4 is 18.7 Å². The van der Waals surface area contributed by atoms with Crippen LogP contribution >= 0.6 is 0 Å². The lowest BCUT2D eigenvalue weighted by Gasteiger charge is -2.34. The average Bonchev–Trinajstić information content (AvgIpc) is 2.81. The second-order valence-corrected chi connectivity index (χ2v) is 9.98. The van der Waals surface area contributed by atoms with Gasteiger partial charge in [0.05, 0.1) is 17.4 Å². The van der Waals surface area contributed by atoms with E-state index in [1.807, 2.05) is 48.5 Å². The van der Waals surface area contributed by atoms with Gasteiger partial charge in [0.25, 0.3) is 0 Å². The van der Waals surface area contributed by atoms with Crippen LogP contribution < -0.4 is 5.46 Å². The molecule has 1 amide bonds. The second kappa shape index (κ2) is 7.54. The van der Waals surface area contributed by atoms with Gasteiger partial charge in [0.15, 0.2) is 0 Å². The predicted octanol–water partition coefficient (Wildman–Crippen LogP) is 3.63. The van der Waals surface area contributed by atoms with Crippen LogP contribution in [0.4, 0.5) is 9.18 Å². The van der Waals surface area contributed by atoms with Gasteiger partial charge in [0, 0.05) is 30.2 Å². The van der Waals surface area contributed by atoms with Gasteiger partial charge in [-0.3, -0.25) is 4.98 Å². The molecule has 1 unspecified atom stereocenters. The van der Waals surface area contributed by atoms with Crippen molar-refractivity contribution in [2.45, 2.75) is 84.0 Å². The highest BCUT2D eigenvalue weighted by atomic mass is 19.1. The first-order valence-electron chi connectivity index (χ1n) is 10.3. The minimum absolute atomic E-state index is 0.0121. The van der Waals surface area contributed by atoms with Gasteiger partial charge in [-0.05, 0) is 67.4 Å². The van der Waals surface area contributed by atoms with Gasteiger partial charge in [-0.15, -0.1) is 0 Å². The van der Waals surface area contributed by atoms with Crippen molar-refractivity contribution in [1.29, 1.82) is 0 Å². The third-order valence-corrected chi connectivity index (χ3v) is 5.90. The smallest absolute Gasteiger partial charge is 0.444 e. The highest BCUT2D eigenvalue weighted by Crippen LogP contribution is 2.37. The quantitative estimate of drug-likeness (QED) is 0.702. The highest BCUT2D eigenvalue weighted by Gasteiger charge is 2.52. The standard InChI is InChI=1S/C21H32BFN2O4/c1-19(2,3)27-18(26)25-10-8-9-14(13-25)17-11-15(16(23)12-24-17)22-28-20(4,5)21(6,7)29-22/h11-12,14H,8-10,13H2,1-7H3. The van der Waals surface area contributed by atoms with Gasteiger partial charge in [0.1, 0.15) is 11.4 Å². The van der Waals surface area contributed by atoms with Crippen molar-refractivity contribution in [2.75, 3.05) is 13.1 Å². The van der Waals surface area contributed by atoms with E-state index in [0.717, 1.165) is 18.5 Å². The molecule has 160 valence electrons. The van der Waals surface area contributed by atoms with E-state index in [2.05, 4.69) is 4.98 Å². The molecule has 2 aliphatic rings. The van der Waals surface area contributed by atoms with E-state index in [4.69, 9.17) is 14.0 Å². The van der Waals surface area contributed by atoms with Crippen LogP contribution in [0.25, 0.3) is 0 Å². The monoisotopic (exact) mass is 406 g/mol. The lowest BCUT2D eigenvalue weighted by Crippen LogP contribution is -2.43. The Balaban J connectivity index is 1.78. The number of carbonyl (C=O) groups is 1. The molecular formula is C21H32BFN2O4. The number of rotatable bonds is 2. The van der Waals surface area contributed by atoms with Gasteiger partial charge in [-0.2, -0.15) is 0 Å². The first kappa shape index (κ1) is 22.0. The van der Waals surface area contributed by atoms with Crippen molar-refractivity contribution in [2.24, 2.45) is 0 Å². The minimum atomic E-state index is -0.785. The van der Waals surface area contributed by atoms with Crippen LogP contribution in [-0.2, 0) is 14.0 Å². The van der Waals surface area contributed by atoms with Gasteiger partial charge >= 0.3 is 13.2 Å². The second-order valence-electron chi connectivity index (χ2n) is 9.98. The molecule has 3 rings (SSSR count). The zero-order valence-corrected chi connectivity index (χ0v) is 18.5. The zero-order valence-electron chi connectivity index (χ0n) is 18.5. The number of aromatic nitrogens is 1. The molecule has 0 aromatic carbocycles. The van der Waals surface area contributed by atoms with E-state index in [9.17, 15) is 9.18 Å². The van der Waals surface area contributed by atoms with Crippen LogP contribution in [0.15, 0.2) is 12.3 Å². The molecule has 0 spiro atoms. The summed E-state index contributed by atoms with van der Waals surface area (Å²) in [5, 5.41) is 0. The summed E-state index contributed by atoms with van der Waals surface area (Å²) in [7, 11) is -0.785. The summed E-state index contributed by atoms with van der Waals surface area (Å²) in [5.41, 5.74) is -0.549. The number of carbonyl (C=O) groups excluding carboxylic acids is 1. The maximum absolute atomic E-state index is 14.6. The van der Waals surface area contributed by atoms with Crippen LogP contribution in [0.5, 0.6) is 0 Å². The van der Waals surface area contributed by atoms with E-state index in [-0.39, 0.29) is 12.0 Å². The van der Waals surface area contributed by atoms with Crippen LogP contribution in [-0.4, -0.2) is 53.0 Å². The Kier molecular flexibility index (Phi) is 5.73. The van der Waals surface area contributed by atoms with E-state index >= 15 is 0 Å². The minimum Gasteiger partial charge on any atom is -0.444 e. The molecule has 1 atom stereocenters. The lowest BCUT2D eigenvalue weighted by molar-refractivity contribution is 0.00578. The molecule has 0 N–H and O–H groups in total. The number of halogens is 1. The first-order chi connectivity index (χ1) is 13.3. The molecule has 0 bridgehead atoms. The molecule has 3 heterocycles. The van der Waals surface area contributed by atoms with E-state index < -0.39 is 29.7 Å². The Hall–Kier alpha value is -1.67. The maximum atomic E-state index is 14.6. The third-order valence-electron chi connectivity index (χ3n) is 5.90. The Morgan fingerprint density at radius 3 is 2.48 bits per heavy atom. The SMILES string of the molecule is CC(C)(C)OC(=O)N1CCCC(c2cc(B3OC(C)(C)C(C)(C)O3)c(F)cn2)C1. The highest BCUT2D eigenvalue weighted by molar-refractivity contribution is 6.62. The fourth-order valence-electron chi connectivity index (χ4n) is 3.56. The number of amides is 1. The molecule has 1 aromatic heterocycles. The molecule has 0 radical (unpaired) electrons. The molecule has 2 fully saturated rings. The summed E-state index contributed by atoms with van der Waals surface area (Å²) in [6, 6.07) is 1.72. The fraction of sp³-hybridized carbons (Fsp3) is 0.714. The number of hydrogen-bond donors (Lipinski definition) is 0. The largest absolute Gasteiger partial charge is 0.497 e. The fourth-order valence-corrected chi connectivity index (χ4v) is 3.56. The lowest BCUT2D eigenvalue weighted by atomic mass is 9.77. The third kappa shape index (κ3) is 4.74. The van der Waals surface area contributed by atoms with Gasteiger partial charge in [-0.25, -0.2) is 9.18 Å². The number of hydrogen-bond acceptors (Lipinski definition) is 5. The maximum Gasteiger partial charge on any atom is 0.497 e. The molecule has 6 nitrogen and oxygen atoms in total. The molecule has 0 aliphatic carbocycles.